The zero-order chi connectivity index (χ0) is 12.3. The molecule has 2 rings (SSSR count). The second-order valence-electron chi connectivity index (χ2n) is 5.18. The first-order valence-electron chi connectivity index (χ1n) is 6.65. The molecule has 0 unspecified atom stereocenters. The number of halogens is 2. The van der Waals surface area contributed by atoms with Gasteiger partial charge in [0.05, 0.1) is 5.02 Å². The van der Waals surface area contributed by atoms with Crippen LogP contribution in [0.25, 0.3) is 0 Å². The Balaban J connectivity index is 1.98. The van der Waals surface area contributed by atoms with E-state index in [4.69, 9.17) is 11.6 Å². The third-order valence-electron chi connectivity index (χ3n) is 3.96. The molecule has 0 radical (unpaired) electrons. The van der Waals surface area contributed by atoms with Gasteiger partial charge in [-0.2, -0.15) is 0 Å². The Morgan fingerprint density at radius 2 is 1.94 bits per heavy atom. The molecule has 94 valence electrons. The van der Waals surface area contributed by atoms with Crippen LogP contribution in [-0.2, 0) is 0 Å². The van der Waals surface area contributed by atoms with Crippen molar-refractivity contribution in [3.8, 4) is 0 Å². The highest BCUT2D eigenvalue weighted by atomic mass is 35.5. The molecule has 0 nitrogen and oxygen atoms in total. The van der Waals surface area contributed by atoms with Crippen molar-refractivity contribution in [1.82, 2.24) is 0 Å². The normalized spacial score (nSPS) is 24.9. The van der Waals surface area contributed by atoms with Gasteiger partial charge < -0.3 is 0 Å². The second-order valence-corrected chi connectivity index (χ2v) is 5.59. The quantitative estimate of drug-likeness (QED) is 0.663. The number of benzene rings is 1. The summed E-state index contributed by atoms with van der Waals surface area (Å²) in [5.74, 6) is 1.16. The molecule has 1 aliphatic carbocycles. The maximum absolute atomic E-state index is 13.4. The first-order valence-corrected chi connectivity index (χ1v) is 7.03. The number of rotatable bonds is 3. The van der Waals surface area contributed by atoms with E-state index < -0.39 is 0 Å². The molecule has 1 fully saturated rings. The summed E-state index contributed by atoms with van der Waals surface area (Å²) in [5, 5.41) is 0.230. The molecule has 0 saturated heterocycles. The van der Waals surface area contributed by atoms with E-state index >= 15 is 0 Å². The van der Waals surface area contributed by atoms with Crippen molar-refractivity contribution in [1.29, 1.82) is 0 Å². The lowest BCUT2D eigenvalue weighted by Crippen LogP contribution is -2.13. The van der Waals surface area contributed by atoms with Gasteiger partial charge in [-0.05, 0) is 55.2 Å². The van der Waals surface area contributed by atoms with E-state index in [9.17, 15) is 4.39 Å². The second kappa shape index (κ2) is 5.86. The molecule has 0 heterocycles. The summed E-state index contributed by atoms with van der Waals surface area (Å²) in [6.07, 6.45) is 7.62. The van der Waals surface area contributed by atoms with Crippen LogP contribution in [-0.4, -0.2) is 0 Å². The highest BCUT2D eigenvalue weighted by Gasteiger charge is 2.22. The predicted molar refractivity (Wildman–Crippen MR) is 71.0 cm³/mol. The fourth-order valence-corrected chi connectivity index (χ4v) is 3.08. The molecular weight excluding hydrogens is 235 g/mol. The lowest BCUT2D eigenvalue weighted by molar-refractivity contribution is 0.308. The lowest BCUT2D eigenvalue weighted by Gasteiger charge is -2.28. The topological polar surface area (TPSA) is 0 Å². The minimum absolute atomic E-state index is 0.230. The minimum atomic E-state index is -0.278. The SMILES string of the molecule is CCC[C@H]1CC[C@H](c2ccc(Cl)c(F)c2)CC1. The third-order valence-corrected chi connectivity index (χ3v) is 4.27. The summed E-state index contributed by atoms with van der Waals surface area (Å²) in [4.78, 5) is 0. The van der Waals surface area contributed by atoms with Crippen molar-refractivity contribution in [3.05, 3.63) is 34.6 Å². The van der Waals surface area contributed by atoms with Crippen LogP contribution < -0.4 is 0 Å². The highest BCUT2D eigenvalue weighted by molar-refractivity contribution is 6.30. The van der Waals surface area contributed by atoms with Crippen LogP contribution in [0.1, 0.15) is 56.9 Å². The van der Waals surface area contributed by atoms with Gasteiger partial charge in [-0.15, -0.1) is 0 Å². The summed E-state index contributed by atoms with van der Waals surface area (Å²) in [5.41, 5.74) is 1.13. The van der Waals surface area contributed by atoms with E-state index in [-0.39, 0.29) is 10.8 Å². The van der Waals surface area contributed by atoms with Gasteiger partial charge in [0.25, 0.3) is 0 Å². The van der Waals surface area contributed by atoms with E-state index in [1.807, 2.05) is 6.07 Å². The van der Waals surface area contributed by atoms with Gasteiger partial charge in [0.2, 0.25) is 0 Å². The maximum atomic E-state index is 13.4. The predicted octanol–water partition coefficient (Wildman–Crippen LogP) is 5.55. The van der Waals surface area contributed by atoms with E-state index in [1.54, 1.807) is 12.1 Å². The molecule has 2 heteroatoms. The van der Waals surface area contributed by atoms with Gasteiger partial charge in [-0.25, -0.2) is 4.39 Å². The van der Waals surface area contributed by atoms with E-state index in [0.717, 1.165) is 11.5 Å². The number of hydrogen-bond donors (Lipinski definition) is 0. The molecule has 1 aliphatic rings. The first-order chi connectivity index (χ1) is 8.20. The van der Waals surface area contributed by atoms with Gasteiger partial charge >= 0.3 is 0 Å². The van der Waals surface area contributed by atoms with Gasteiger partial charge in [-0.3, -0.25) is 0 Å². The van der Waals surface area contributed by atoms with Crippen LogP contribution in [0, 0.1) is 11.7 Å². The Bertz CT molecular complexity index is 367. The van der Waals surface area contributed by atoms with Crippen molar-refractivity contribution in [2.45, 2.75) is 51.4 Å². The molecule has 1 saturated carbocycles. The molecule has 0 atom stereocenters. The Labute approximate surface area is 108 Å². The average Bonchev–Trinajstić information content (AvgIpc) is 2.34. The molecule has 0 bridgehead atoms. The van der Waals surface area contributed by atoms with Crippen molar-refractivity contribution >= 4 is 11.6 Å². The Kier molecular flexibility index (Phi) is 4.44. The fourth-order valence-electron chi connectivity index (χ4n) is 2.96. The van der Waals surface area contributed by atoms with Gasteiger partial charge in [0.1, 0.15) is 5.82 Å². The molecule has 1 aromatic rings. The summed E-state index contributed by atoms with van der Waals surface area (Å²) in [6, 6.07) is 5.29. The summed E-state index contributed by atoms with van der Waals surface area (Å²) in [6.45, 7) is 2.25. The monoisotopic (exact) mass is 254 g/mol. The molecular formula is C15H20ClF. The Morgan fingerprint density at radius 3 is 2.53 bits per heavy atom. The van der Waals surface area contributed by atoms with Crippen LogP contribution >= 0.6 is 11.6 Å². The maximum Gasteiger partial charge on any atom is 0.142 e. The van der Waals surface area contributed by atoms with Gasteiger partial charge in [-0.1, -0.05) is 37.4 Å². The molecule has 17 heavy (non-hydrogen) atoms. The van der Waals surface area contributed by atoms with Crippen molar-refractivity contribution < 1.29 is 4.39 Å². The van der Waals surface area contributed by atoms with Crippen LogP contribution in [0.4, 0.5) is 4.39 Å². The van der Waals surface area contributed by atoms with Gasteiger partial charge in [0, 0.05) is 0 Å². The smallest absolute Gasteiger partial charge is 0.142 e. The summed E-state index contributed by atoms with van der Waals surface area (Å²) >= 11 is 5.71. The number of hydrogen-bond acceptors (Lipinski definition) is 0. The standard InChI is InChI=1S/C15H20ClF/c1-2-3-11-4-6-12(7-5-11)13-8-9-14(16)15(17)10-13/h8-12H,2-7H2,1H3/t11-,12-. The van der Waals surface area contributed by atoms with Crippen LogP contribution in [0.3, 0.4) is 0 Å². The Hall–Kier alpha value is -0.560. The Morgan fingerprint density at radius 1 is 1.24 bits per heavy atom. The molecule has 0 aromatic heterocycles. The van der Waals surface area contributed by atoms with Crippen LogP contribution in [0.2, 0.25) is 5.02 Å². The molecule has 0 spiro atoms. The van der Waals surface area contributed by atoms with Crippen molar-refractivity contribution in [3.63, 3.8) is 0 Å². The van der Waals surface area contributed by atoms with E-state index in [0.29, 0.717) is 5.92 Å². The van der Waals surface area contributed by atoms with Crippen molar-refractivity contribution in [2.75, 3.05) is 0 Å². The zero-order valence-corrected chi connectivity index (χ0v) is 11.1. The van der Waals surface area contributed by atoms with E-state index in [1.165, 1.54) is 38.5 Å². The fraction of sp³-hybridized carbons (Fsp3) is 0.600. The van der Waals surface area contributed by atoms with E-state index in [2.05, 4.69) is 6.92 Å². The minimum Gasteiger partial charge on any atom is -0.205 e. The molecule has 0 amide bonds. The van der Waals surface area contributed by atoms with Gasteiger partial charge in [0.15, 0.2) is 0 Å². The largest absolute Gasteiger partial charge is 0.205 e. The zero-order valence-electron chi connectivity index (χ0n) is 10.4. The summed E-state index contributed by atoms with van der Waals surface area (Å²) < 4.78 is 13.4. The molecule has 0 aliphatic heterocycles. The third kappa shape index (κ3) is 3.22. The average molecular weight is 255 g/mol. The first kappa shape index (κ1) is 12.9. The lowest BCUT2D eigenvalue weighted by atomic mass is 9.77. The molecule has 0 N–H and O–H groups in total. The summed E-state index contributed by atoms with van der Waals surface area (Å²) in [7, 11) is 0. The molecule has 1 aromatic carbocycles. The highest BCUT2D eigenvalue weighted by Crippen LogP contribution is 2.38. The van der Waals surface area contributed by atoms with Crippen LogP contribution in [0.15, 0.2) is 18.2 Å². The van der Waals surface area contributed by atoms with Crippen molar-refractivity contribution in [2.24, 2.45) is 5.92 Å². The van der Waals surface area contributed by atoms with Crippen LogP contribution in [0.5, 0.6) is 0 Å².